The molecular weight excluding hydrogens is 220 g/mol. The SMILES string of the molecule is CCCCc1cc(O)c(CC)c(C)c1CCCC. The zero-order valence-corrected chi connectivity index (χ0v) is 12.5. The van der Waals surface area contributed by atoms with Gasteiger partial charge in [0.15, 0.2) is 0 Å². The molecule has 18 heavy (non-hydrogen) atoms. The third-order valence-corrected chi connectivity index (χ3v) is 3.85. The van der Waals surface area contributed by atoms with E-state index in [0.717, 1.165) is 24.8 Å². The second-order valence-electron chi connectivity index (χ2n) is 5.20. The fraction of sp³-hybridized carbons (Fsp3) is 0.647. The normalized spacial score (nSPS) is 10.9. The predicted octanol–water partition coefficient (Wildman–Crippen LogP) is 4.95. The summed E-state index contributed by atoms with van der Waals surface area (Å²) in [5.74, 6) is 0.501. The fourth-order valence-electron chi connectivity index (χ4n) is 2.69. The lowest BCUT2D eigenvalue weighted by atomic mass is 9.89. The number of hydrogen-bond donors (Lipinski definition) is 1. The van der Waals surface area contributed by atoms with E-state index in [1.165, 1.54) is 42.4 Å². The highest BCUT2D eigenvalue weighted by molar-refractivity contribution is 5.48. The second-order valence-corrected chi connectivity index (χ2v) is 5.20. The maximum absolute atomic E-state index is 10.1. The molecule has 1 nitrogen and oxygen atoms in total. The molecule has 102 valence electrons. The first-order valence-corrected chi connectivity index (χ1v) is 7.48. The van der Waals surface area contributed by atoms with E-state index in [4.69, 9.17) is 0 Å². The van der Waals surface area contributed by atoms with Gasteiger partial charge in [-0.2, -0.15) is 0 Å². The Bertz CT molecular complexity index is 380. The van der Waals surface area contributed by atoms with Crippen molar-refractivity contribution >= 4 is 0 Å². The molecule has 1 aromatic rings. The summed E-state index contributed by atoms with van der Waals surface area (Å²) in [6, 6.07) is 2.02. The molecule has 0 fully saturated rings. The Morgan fingerprint density at radius 2 is 1.56 bits per heavy atom. The van der Waals surface area contributed by atoms with Crippen LogP contribution in [0.25, 0.3) is 0 Å². The largest absolute Gasteiger partial charge is 0.508 e. The highest BCUT2D eigenvalue weighted by Crippen LogP contribution is 2.30. The molecule has 0 radical (unpaired) electrons. The highest BCUT2D eigenvalue weighted by atomic mass is 16.3. The Hall–Kier alpha value is -0.980. The summed E-state index contributed by atoms with van der Waals surface area (Å²) in [6.45, 7) is 8.76. The molecular formula is C17H28O. The number of hydrogen-bond acceptors (Lipinski definition) is 1. The average molecular weight is 248 g/mol. The number of phenolic OH excluding ortho intramolecular Hbond substituents is 1. The number of aryl methyl sites for hydroxylation is 1. The zero-order valence-electron chi connectivity index (χ0n) is 12.5. The van der Waals surface area contributed by atoms with Crippen LogP contribution in [0.5, 0.6) is 5.75 Å². The standard InChI is InChI=1S/C17H28O/c1-5-8-10-14-12-17(18)15(7-3)13(4)16(14)11-9-6-2/h12,18H,5-11H2,1-4H3. The second kappa shape index (κ2) is 7.45. The summed E-state index contributed by atoms with van der Waals surface area (Å²) in [5, 5.41) is 10.1. The Morgan fingerprint density at radius 1 is 0.944 bits per heavy atom. The first kappa shape index (κ1) is 15.1. The molecule has 1 N–H and O–H groups in total. The third-order valence-electron chi connectivity index (χ3n) is 3.85. The van der Waals surface area contributed by atoms with Crippen molar-refractivity contribution in [3.8, 4) is 5.75 Å². The van der Waals surface area contributed by atoms with E-state index in [9.17, 15) is 5.11 Å². The summed E-state index contributed by atoms with van der Waals surface area (Å²) in [4.78, 5) is 0. The van der Waals surface area contributed by atoms with Gasteiger partial charge >= 0.3 is 0 Å². The number of phenols is 1. The van der Waals surface area contributed by atoms with Gasteiger partial charge < -0.3 is 5.11 Å². The van der Waals surface area contributed by atoms with Crippen LogP contribution in [0.4, 0.5) is 0 Å². The molecule has 1 rings (SSSR count). The lowest BCUT2D eigenvalue weighted by Gasteiger charge is -2.17. The van der Waals surface area contributed by atoms with Gasteiger partial charge in [0.2, 0.25) is 0 Å². The molecule has 0 atom stereocenters. The van der Waals surface area contributed by atoms with Crippen LogP contribution in [0.15, 0.2) is 6.07 Å². The van der Waals surface area contributed by atoms with Crippen LogP contribution in [-0.2, 0) is 19.3 Å². The van der Waals surface area contributed by atoms with Gasteiger partial charge in [-0.1, -0.05) is 33.6 Å². The van der Waals surface area contributed by atoms with Gasteiger partial charge in [0, 0.05) is 0 Å². The van der Waals surface area contributed by atoms with Crippen molar-refractivity contribution < 1.29 is 5.11 Å². The first-order chi connectivity index (χ1) is 8.65. The Kier molecular flexibility index (Phi) is 6.24. The molecule has 0 aliphatic carbocycles. The van der Waals surface area contributed by atoms with Crippen LogP contribution in [-0.4, -0.2) is 5.11 Å². The summed E-state index contributed by atoms with van der Waals surface area (Å²) in [7, 11) is 0. The Labute approximate surface area is 112 Å². The van der Waals surface area contributed by atoms with Crippen LogP contribution in [0.1, 0.15) is 68.7 Å². The molecule has 0 heterocycles. The van der Waals surface area contributed by atoms with E-state index in [0.29, 0.717) is 5.75 Å². The summed E-state index contributed by atoms with van der Waals surface area (Å²) >= 11 is 0. The minimum absolute atomic E-state index is 0.501. The van der Waals surface area contributed by atoms with Crippen LogP contribution in [0, 0.1) is 6.92 Å². The minimum atomic E-state index is 0.501. The lowest BCUT2D eigenvalue weighted by Crippen LogP contribution is -2.02. The summed E-state index contributed by atoms with van der Waals surface area (Å²) in [6.07, 6.45) is 8.09. The highest BCUT2D eigenvalue weighted by Gasteiger charge is 2.13. The van der Waals surface area contributed by atoms with Gasteiger partial charge in [0.1, 0.15) is 5.75 Å². The molecule has 0 saturated carbocycles. The maximum atomic E-state index is 10.1. The molecule has 1 aromatic carbocycles. The van der Waals surface area contributed by atoms with Gasteiger partial charge in [0.25, 0.3) is 0 Å². The van der Waals surface area contributed by atoms with Crippen LogP contribution < -0.4 is 0 Å². The summed E-state index contributed by atoms with van der Waals surface area (Å²) < 4.78 is 0. The van der Waals surface area contributed by atoms with Crippen molar-refractivity contribution in [3.05, 3.63) is 28.3 Å². The van der Waals surface area contributed by atoms with Crippen LogP contribution in [0.3, 0.4) is 0 Å². The molecule has 0 aromatic heterocycles. The van der Waals surface area contributed by atoms with Crippen molar-refractivity contribution in [2.75, 3.05) is 0 Å². The lowest BCUT2D eigenvalue weighted by molar-refractivity contribution is 0.466. The van der Waals surface area contributed by atoms with E-state index in [-0.39, 0.29) is 0 Å². The van der Waals surface area contributed by atoms with E-state index in [1.54, 1.807) is 0 Å². The predicted molar refractivity (Wildman–Crippen MR) is 79.4 cm³/mol. The number of unbranched alkanes of at least 4 members (excludes halogenated alkanes) is 2. The molecule has 0 unspecified atom stereocenters. The average Bonchev–Trinajstić information content (AvgIpc) is 2.35. The molecule has 1 heteroatoms. The fourth-order valence-corrected chi connectivity index (χ4v) is 2.69. The quantitative estimate of drug-likeness (QED) is 0.724. The maximum Gasteiger partial charge on any atom is 0.119 e. The van der Waals surface area contributed by atoms with E-state index < -0.39 is 0 Å². The molecule has 0 amide bonds. The van der Waals surface area contributed by atoms with Crippen molar-refractivity contribution in [2.24, 2.45) is 0 Å². The van der Waals surface area contributed by atoms with Gasteiger partial charge in [-0.05, 0) is 67.3 Å². The molecule has 0 aliphatic heterocycles. The van der Waals surface area contributed by atoms with Crippen LogP contribution >= 0.6 is 0 Å². The topological polar surface area (TPSA) is 20.2 Å². The molecule has 0 saturated heterocycles. The molecule has 0 aliphatic rings. The monoisotopic (exact) mass is 248 g/mol. The first-order valence-electron chi connectivity index (χ1n) is 7.48. The van der Waals surface area contributed by atoms with Crippen molar-refractivity contribution in [2.45, 2.75) is 72.6 Å². The number of rotatable bonds is 7. The Balaban J connectivity index is 3.13. The van der Waals surface area contributed by atoms with Gasteiger partial charge in [0.05, 0.1) is 0 Å². The van der Waals surface area contributed by atoms with Crippen molar-refractivity contribution in [1.29, 1.82) is 0 Å². The Morgan fingerprint density at radius 3 is 2.11 bits per heavy atom. The van der Waals surface area contributed by atoms with Crippen molar-refractivity contribution in [1.82, 2.24) is 0 Å². The summed E-state index contributed by atoms with van der Waals surface area (Å²) in [5.41, 5.74) is 5.34. The van der Waals surface area contributed by atoms with Gasteiger partial charge in [-0.25, -0.2) is 0 Å². The van der Waals surface area contributed by atoms with Gasteiger partial charge in [-0.15, -0.1) is 0 Å². The van der Waals surface area contributed by atoms with E-state index >= 15 is 0 Å². The smallest absolute Gasteiger partial charge is 0.119 e. The zero-order chi connectivity index (χ0) is 13.5. The number of aromatic hydroxyl groups is 1. The van der Waals surface area contributed by atoms with Gasteiger partial charge in [-0.3, -0.25) is 0 Å². The number of benzene rings is 1. The minimum Gasteiger partial charge on any atom is -0.508 e. The van der Waals surface area contributed by atoms with Crippen LogP contribution in [0.2, 0.25) is 0 Å². The van der Waals surface area contributed by atoms with E-state index in [1.807, 2.05) is 6.07 Å². The third kappa shape index (κ3) is 3.51. The van der Waals surface area contributed by atoms with Crippen molar-refractivity contribution in [3.63, 3.8) is 0 Å². The molecule has 0 bridgehead atoms. The molecule has 0 spiro atoms. The van der Waals surface area contributed by atoms with E-state index in [2.05, 4.69) is 27.7 Å².